The highest BCUT2D eigenvalue weighted by molar-refractivity contribution is 5.37. The Hall–Kier alpha value is -1.06. The van der Waals surface area contributed by atoms with E-state index in [9.17, 15) is 17.6 Å². The molecule has 4 heteroatoms. The maximum absolute atomic E-state index is 12.7. The summed E-state index contributed by atoms with van der Waals surface area (Å²) >= 11 is 0. The lowest BCUT2D eigenvalue weighted by Crippen LogP contribution is -1.83. The molecule has 66 valence electrons. The molecule has 1 aliphatic carbocycles. The van der Waals surface area contributed by atoms with Gasteiger partial charge in [-0.25, -0.2) is 17.6 Å². The Bertz CT molecular complexity index is 296. The van der Waals surface area contributed by atoms with Crippen LogP contribution in [0.3, 0.4) is 0 Å². The lowest BCUT2D eigenvalue weighted by Gasteiger charge is -1.95. The van der Waals surface area contributed by atoms with Crippen LogP contribution >= 0.6 is 0 Å². The van der Waals surface area contributed by atoms with Gasteiger partial charge < -0.3 is 0 Å². The third-order valence-corrected chi connectivity index (χ3v) is 1.56. The Balaban J connectivity index is 3.23. The molecule has 0 N–H and O–H groups in total. The van der Waals surface area contributed by atoms with Crippen molar-refractivity contribution in [3.8, 4) is 0 Å². The molecule has 0 radical (unpaired) electrons. The van der Waals surface area contributed by atoms with E-state index < -0.39 is 23.3 Å². The Morgan fingerprint density at radius 3 is 2.17 bits per heavy atom. The Labute approximate surface area is 66.9 Å². The van der Waals surface area contributed by atoms with Crippen molar-refractivity contribution < 1.29 is 17.6 Å². The molecule has 0 amide bonds. The summed E-state index contributed by atoms with van der Waals surface area (Å²) in [6.07, 6.45) is 0.690. The molecule has 0 nitrogen and oxygen atoms in total. The second-order valence-electron chi connectivity index (χ2n) is 2.48. The summed E-state index contributed by atoms with van der Waals surface area (Å²) in [5.41, 5.74) is -0.0182. The molecule has 0 heterocycles. The molecule has 0 fully saturated rings. The van der Waals surface area contributed by atoms with Crippen LogP contribution in [0.25, 0.3) is 0 Å². The maximum Gasteiger partial charge on any atom is 0.197 e. The fraction of sp³-hybridized carbons (Fsp3) is 0.250. The van der Waals surface area contributed by atoms with Crippen LogP contribution in [-0.4, -0.2) is 0 Å². The molecule has 0 aromatic carbocycles. The predicted octanol–water partition coefficient (Wildman–Crippen LogP) is 3.64. The highest BCUT2D eigenvalue weighted by Gasteiger charge is 2.20. The minimum atomic E-state index is -1.76. The molecule has 1 aliphatic rings. The SMILES string of the molecule is CC1=C(F)C(F)=C(F)C(F)=CC1. The molecule has 0 saturated heterocycles. The largest absolute Gasteiger partial charge is 0.204 e. The van der Waals surface area contributed by atoms with E-state index in [0.717, 1.165) is 6.08 Å². The zero-order valence-electron chi connectivity index (χ0n) is 6.30. The molecular formula is C8H6F4. The van der Waals surface area contributed by atoms with E-state index in [1.54, 1.807) is 0 Å². The predicted molar refractivity (Wildman–Crippen MR) is 36.9 cm³/mol. The van der Waals surface area contributed by atoms with Crippen LogP contribution in [0.2, 0.25) is 0 Å². The highest BCUT2D eigenvalue weighted by Crippen LogP contribution is 2.31. The van der Waals surface area contributed by atoms with Gasteiger partial charge in [0.15, 0.2) is 23.3 Å². The fourth-order valence-corrected chi connectivity index (χ4v) is 0.810. The average molecular weight is 178 g/mol. The summed E-state index contributed by atoms with van der Waals surface area (Å²) in [6.45, 7) is 1.28. The van der Waals surface area contributed by atoms with Crippen LogP contribution in [0.15, 0.2) is 35.0 Å². The van der Waals surface area contributed by atoms with E-state index in [1.807, 2.05) is 0 Å². The number of allylic oxidation sites excluding steroid dienone is 6. The van der Waals surface area contributed by atoms with E-state index in [1.165, 1.54) is 6.92 Å². The van der Waals surface area contributed by atoms with Gasteiger partial charge in [0.2, 0.25) is 0 Å². The molecule has 0 aliphatic heterocycles. The average Bonchev–Trinajstić information content (AvgIpc) is 2.14. The summed E-state index contributed by atoms with van der Waals surface area (Å²) in [5.74, 6) is -6.17. The molecule has 0 aromatic heterocycles. The topological polar surface area (TPSA) is 0 Å². The third kappa shape index (κ3) is 1.42. The monoisotopic (exact) mass is 178 g/mol. The van der Waals surface area contributed by atoms with Gasteiger partial charge in [-0.1, -0.05) is 0 Å². The summed E-state index contributed by atoms with van der Waals surface area (Å²) in [4.78, 5) is 0. The minimum Gasteiger partial charge on any atom is -0.204 e. The number of halogens is 4. The highest BCUT2D eigenvalue weighted by atomic mass is 19.2. The molecule has 0 unspecified atom stereocenters. The van der Waals surface area contributed by atoms with Crippen molar-refractivity contribution in [3.63, 3.8) is 0 Å². The smallest absolute Gasteiger partial charge is 0.197 e. The molecular weight excluding hydrogens is 172 g/mol. The van der Waals surface area contributed by atoms with E-state index in [2.05, 4.69) is 0 Å². The summed E-state index contributed by atoms with van der Waals surface area (Å²) in [7, 11) is 0. The van der Waals surface area contributed by atoms with Crippen molar-refractivity contribution in [3.05, 3.63) is 35.0 Å². The zero-order valence-corrected chi connectivity index (χ0v) is 6.30. The van der Waals surface area contributed by atoms with Gasteiger partial charge in [-0.3, -0.25) is 0 Å². The standard InChI is InChI=1S/C8H6F4/c1-4-2-3-5(9)7(11)8(12)6(4)10/h3H,2H2,1H3. The van der Waals surface area contributed by atoms with Gasteiger partial charge in [-0.2, -0.15) is 0 Å². The van der Waals surface area contributed by atoms with Crippen LogP contribution in [0.1, 0.15) is 13.3 Å². The lowest BCUT2D eigenvalue weighted by atomic mass is 10.2. The van der Waals surface area contributed by atoms with Gasteiger partial charge in [0.1, 0.15) is 0 Å². The maximum atomic E-state index is 12.7. The van der Waals surface area contributed by atoms with Crippen LogP contribution < -0.4 is 0 Å². The summed E-state index contributed by atoms with van der Waals surface area (Å²) in [6, 6.07) is 0. The van der Waals surface area contributed by atoms with Crippen LogP contribution in [0.5, 0.6) is 0 Å². The first-order valence-electron chi connectivity index (χ1n) is 3.31. The Morgan fingerprint density at radius 2 is 1.58 bits per heavy atom. The van der Waals surface area contributed by atoms with Gasteiger partial charge in [0, 0.05) is 0 Å². The van der Waals surface area contributed by atoms with Crippen molar-refractivity contribution in [2.75, 3.05) is 0 Å². The van der Waals surface area contributed by atoms with Crippen LogP contribution in [-0.2, 0) is 0 Å². The van der Waals surface area contributed by atoms with Gasteiger partial charge >= 0.3 is 0 Å². The van der Waals surface area contributed by atoms with Gasteiger partial charge in [0.05, 0.1) is 0 Å². The van der Waals surface area contributed by atoms with E-state index in [0.29, 0.717) is 0 Å². The van der Waals surface area contributed by atoms with Crippen LogP contribution in [0, 0.1) is 0 Å². The summed E-state index contributed by atoms with van der Waals surface area (Å²) < 4.78 is 50.1. The van der Waals surface area contributed by atoms with Crippen LogP contribution in [0.4, 0.5) is 17.6 Å². The Kier molecular flexibility index (Phi) is 2.35. The molecule has 0 saturated carbocycles. The molecule has 0 bridgehead atoms. The van der Waals surface area contributed by atoms with E-state index in [4.69, 9.17) is 0 Å². The normalized spacial score (nSPS) is 19.6. The molecule has 0 atom stereocenters. The first kappa shape index (κ1) is 9.03. The van der Waals surface area contributed by atoms with E-state index in [-0.39, 0.29) is 12.0 Å². The second-order valence-corrected chi connectivity index (χ2v) is 2.48. The molecule has 12 heavy (non-hydrogen) atoms. The van der Waals surface area contributed by atoms with Crippen molar-refractivity contribution in [2.45, 2.75) is 13.3 Å². The zero-order chi connectivity index (χ0) is 9.30. The minimum absolute atomic E-state index is 0.0182. The first-order valence-corrected chi connectivity index (χ1v) is 3.31. The van der Waals surface area contributed by atoms with E-state index >= 15 is 0 Å². The summed E-state index contributed by atoms with van der Waals surface area (Å²) in [5, 5.41) is 0. The van der Waals surface area contributed by atoms with Gasteiger partial charge in [-0.15, -0.1) is 0 Å². The van der Waals surface area contributed by atoms with Crippen molar-refractivity contribution >= 4 is 0 Å². The molecule has 1 rings (SSSR count). The molecule has 0 aromatic rings. The number of rotatable bonds is 0. The van der Waals surface area contributed by atoms with Crippen molar-refractivity contribution in [2.24, 2.45) is 0 Å². The van der Waals surface area contributed by atoms with Gasteiger partial charge in [-0.05, 0) is 25.0 Å². The second kappa shape index (κ2) is 3.13. The Morgan fingerprint density at radius 1 is 1.00 bits per heavy atom. The first-order chi connectivity index (χ1) is 5.54. The quantitative estimate of drug-likeness (QED) is 0.497. The lowest BCUT2D eigenvalue weighted by molar-refractivity contribution is 0.470. The van der Waals surface area contributed by atoms with Gasteiger partial charge in [0.25, 0.3) is 0 Å². The third-order valence-electron chi connectivity index (χ3n) is 1.56. The molecule has 0 spiro atoms. The number of hydrogen-bond donors (Lipinski definition) is 0. The fourth-order valence-electron chi connectivity index (χ4n) is 0.810. The van der Waals surface area contributed by atoms with Crippen molar-refractivity contribution in [1.29, 1.82) is 0 Å². The van der Waals surface area contributed by atoms with Crippen molar-refractivity contribution in [1.82, 2.24) is 0 Å². The number of hydrogen-bond acceptors (Lipinski definition) is 0.